The molecular weight excluding hydrogens is 242 g/mol. The topological polar surface area (TPSA) is 64.6 Å². The number of nitrogens with one attached hydrogen (secondary N) is 1. The van der Waals surface area contributed by atoms with E-state index in [-0.39, 0.29) is 17.9 Å². The molecule has 3 rings (SSSR count). The molecule has 2 heterocycles. The fourth-order valence-electron chi connectivity index (χ4n) is 1.58. The van der Waals surface area contributed by atoms with Crippen molar-refractivity contribution in [3.05, 3.63) is 28.7 Å². The first-order valence-electron chi connectivity index (χ1n) is 4.87. The average Bonchev–Trinajstić information content (AvgIpc) is 2.85. The quantitative estimate of drug-likeness (QED) is 0.768. The summed E-state index contributed by atoms with van der Waals surface area (Å²) in [5.41, 5.74) is 0.793. The zero-order valence-corrected chi connectivity index (χ0v) is 9.37. The normalized spacial score (nSPS) is 19.9. The average molecular weight is 249 g/mol. The fraction of sp³-hybridized carbons (Fsp3) is 0.0909. The molecule has 0 unspecified atom stereocenters. The van der Waals surface area contributed by atoms with E-state index in [1.54, 1.807) is 24.3 Å². The highest BCUT2D eigenvalue weighted by Gasteiger charge is 2.25. The minimum Gasteiger partial charge on any atom is -0.454 e. The van der Waals surface area contributed by atoms with Gasteiger partial charge in [-0.15, -0.1) is 0 Å². The summed E-state index contributed by atoms with van der Waals surface area (Å²) in [5, 5.41) is 1.85. The van der Waals surface area contributed by atoms with Gasteiger partial charge in [0.15, 0.2) is 11.5 Å². The maximum Gasteiger partial charge on any atom is 0.290 e. The van der Waals surface area contributed by atoms with Crippen LogP contribution in [0.4, 0.5) is 4.79 Å². The summed E-state index contributed by atoms with van der Waals surface area (Å²) >= 11 is 0.891. The molecule has 0 saturated carbocycles. The molecule has 1 saturated heterocycles. The second-order valence-corrected chi connectivity index (χ2v) is 4.48. The van der Waals surface area contributed by atoms with Gasteiger partial charge in [-0.3, -0.25) is 14.9 Å². The Morgan fingerprint density at radius 1 is 1.24 bits per heavy atom. The molecular formula is C11H7NO4S. The van der Waals surface area contributed by atoms with Crippen LogP contribution in [-0.4, -0.2) is 17.9 Å². The lowest BCUT2D eigenvalue weighted by Gasteiger charge is -1.98. The number of benzene rings is 1. The van der Waals surface area contributed by atoms with E-state index in [4.69, 9.17) is 9.47 Å². The molecule has 17 heavy (non-hydrogen) atoms. The third-order valence-corrected chi connectivity index (χ3v) is 3.15. The minimum atomic E-state index is -0.363. The summed E-state index contributed by atoms with van der Waals surface area (Å²) in [6.45, 7) is 0.211. The van der Waals surface area contributed by atoms with E-state index in [1.807, 2.05) is 0 Å². The number of imide groups is 1. The van der Waals surface area contributed by atoms with Gasteiger partial charge in [0.1, 0.15) is 0 Å². The van der Waals surface area contributed by atoms with Gasteiger partial charge < -0.3 is 9.47 Å². The van der Waals surface area contributed by atoms with E-state index in [9.17, 15) is 9.59 Å². The summed E-state index contributed by atoms with van der Waals surface area (Å²) < 4.78 is 10.4. The van der Waals surface area contributed by atoms with Crippen molar-refractivity contribution in [2.45, 2.75) is 0 Å². The zero-order chi connectivity index (χ0) is 11.8. The molecule has 86 valence electrons. The van der Waals surface area contributed by atoms with Crippen LogP contribution in [-0.2, 0) is 4.79 Å². The van der Waals surface area contributed by atoms with Crippen LogP contribution in [0.15, 0.2) is 23.1 Å². The highest BCUT2D eigenvalue weighted by Crippen LogP contribution is 2.34. The lowest BCUT2D eigenvalue weighted by molar-refractivity contribution is -0.115. The molecule has 0 aromatic heterocycles. The van der Waals surface area contributed by atoms with Crippen LogP contribution in [0, 0.1) is 0 Å². The van der Waals surface area contributed by atoms with E-state index < -0.39 is 0 Å². The number of carbonyl (C=O) groups is 2. The van der Waals surface area contributed by atoms with Gasteiger partial charge in [-0.1, -0.05) is 6.07 Å². The Morgan fingerprint density at radius 2 is 2.06 bits per heavy atom. The number of thioether (sulfide) groups is 1. The smallest absolute Gasteiger partial charge is 0.290 e. The van der Waals surface area contributed by atoms with E-state index in [1.165, 1.54) is 0 Å². The zero-order valence-electron chi connectivity index (χ0n) is 8.56. The molecule has 0 spiro atoms. The van der Waals surface area contributed by atoms with Crippen molar-refractivity contribution in [3.63, 3.8) is 0 Å². The molecule has 2 amide bonds. The van der Waals surface area contributed by atoms with Gasteiger partial charge in [0.05, 0.1) is 4.91 Å². The molecule has 1 aromatic carbocycles. The molecule has 1 fully saturated rings. The summed E-state index contributed by atoms with van der Waals surface area (Å²) in [4.78, 5) is 22.7. The molecule has 0 radical (unpaired) electrons. The lowest BCUT2D eigenvalue weighted by Crippen LogP contribution is -2.17. The third-order valence-electron chi connectivity index (χ3n) is 2.34. The Hall–Kier alpha value is -1.95. The minimum absolute atomic E-state index is 0.211. The Kier molecular flexibility index (Phi) is 2.29. The van der Waals surface area contributed by atoms with Crippen molar-refractivity contribution in [1.82, 2.24) is 5.32 Å². The number of amides is 2. The van der Waals surface area contributed by atoms with Crippen LogP contribution in [0.5, 0.6) is 11.5 Å². The number of rotatable bonds is 1. The van der Waals surface area contributed by atoms with Crippen molar-refractivity contribution in [2.24, 2.45) is 0 Å². The first-order valence-corrected chi connectivity index (χ1v) is 5.68. The van der Waals surface area contributed by atoms with Gasteiger partial charge in [0.25, 0.3) is 11.1 Å². The van der Waals surface area contributed by atoms with Crippen molar-refractivity contribution >= 4 is 29.0 Å². The monoisotopic (exact) mass is 249 g/mol. The number of ether oxygens (including phenoxy) is 2. The number of hydrogen-bond donors (Lipinski definition) is 1. The van der Waals surface area contributed by atoms with Crippen molar-refractivity contribution in [2.75, 3.05) is 6.79 Å². The van der Waals surface area contributed by atoms with E-state index in [2.05, 4.69) is 5.32 Å². The Bertz CT molecular complexity index is 552. The van der Waals surface area contributed by atoms with Gasteiger partial charge in [-0.05, 0) is 35.5 Å². The second kappa shape index (κ2) is 3.81. The number of carbonyl (C=O) groups excluding carboxylic acids is 2. The van der Waals surface area contributed by atoms with Gasteiger partial charge in [-0.2, -0.15) is 0 Å². The summed E-state index contributed by atoms with van der Waals surface area (Å²) in [7, 11) is 0. The van der Waals surface area contributed by atoms with Crippen LogP contribution >= 0.6 is 11.8 Å². The molecule has 5 nitrogen and oxygen atoms in total. The van der Waals surface area contributed by atoms with Crippen LogP contribution in [0.1, 0.15) is 5.56 Å². The number of hydrogen-bond acceptors (Lipinski definition) is 5. The van der Waals surface area contributed by atoms with Crippen LogP contribution in [0.3, 0.4) is 0 Å². The van der Waals surface area contributed by atoms with Crippen LogP contribution < -0.4 is 14.8 Å². The summed E-state index contributed by atoms with van der Waals surface area (Å²) in [6, 6.07) is 5.34. The predicted octanol–water partition coefficient (Wildman–Crippen LogP) is 1.74. The maximum atomic E-state index is 11.3. The number of fused-ring (bicyclic) bond motifs is 1. The lowest BCUT2D eigenvalue weighted by atomic mass is 10.2. The highest BCUT2D eigenvalue weighted by atomic mass is 32.2. The van der Waals surface area contributed by atoms with Gasteiger partial charge in [-0.25, -0.2) is 0 Å². The Balaban J connectivity index is 1.93. The molecule has 2 aliphatic rings. The van der Waals surface area contributed by atoms with Gasteiger partial charge >= 0.3 is 0 Å². The predicted molar refractivity (Wildman–Crippen MR) is 61.7 cm³/mol. The molecule has 0 bridgehead atoms. The second-order valence-electron chi connectivity index (χ2n) is 3.46. The third kappa shape index (κ3) is 1.87. The molecule has 0 atom stereocenters. The van der Waals surface area contributed by atoms with Gasteiger partial charge in [0, 0.05) is 0 Å². The first kappa shape index (κ1) is 10.2. The first-order chi connectivity index (χ1) is 8.22. The maximum absolute atomic E-state index is 11.3. The summed E-state index contributed by atoms with van der Waals surface area (Å²) in [6.07, 6.45) is 1.65. The Morgan fingerprint density at radius 3 is 2.82 bits per heavy atom. The molecule has 1 N–H and O–H groups in total. The molecule has 1 aromatic rings. The van der Waals surface area contributed by atoms with Crippen molar-refractivity contribution in [1.29, 1.82) is 0 Å². The van der Waals surface area contributed by atoms with Gasteiger partial charge in [0.2, 0.25) is 6.79 Å². The molecule has 0 aliphatic carbocycles. The Labute approximate surface area is 101 Å². The van der Waals surface area contributed by atoms with Crippen LogP contribution in [0.25, 0.3) is 6.08 Å². The SMILES string of the molecule is O=C1NC(=O)C(=Cc2ccc3c(c2)OCO3)S1. The van der Waals surface area contributed by atoms with Crippen molar-refractivity contribution in [3.8, 4) is 11.5 Å². The highest BCUT2D eigenvalue weighted by molar-refractivity contribution is 8.18. The van der Waals surface area contributed by atoms with E-state index in [0.717, 1.165) is 17.3 Å². The largest absolute Gasteiger partial charge is 0.454 e. The summed E-state index contributed by atoms with van der Waals surface area (Å²) in [5.74, 6) is 0.971. The molecule has 6 heteroatoms. The van der Waals surface area contributed by atoms with Crippen molar-refractivity contribution < 1.29 is 19.1 Å². The molecule has 2 aliphatic heterocycles. The van der Waals surface area contributed by atoms with E-state index in [0.29, 0.717) is 16.4 Å². The fourth-order valence-corrected chi connectivity index (χ4v) is 2.26. The van der Waals surface area contributed by atoms with Crippen LogP contribution in [0.2, 0.25) is 0 Å². The van der Waals surface area contributed by atoms with E-state index >= 15 is 0 Å². The standard InChI is InChI=1S/C11H7NO4S/c13-10-9(17-11(14)12-10)4-6-1-2-7-8(3-6)16-5-15-7/h1-4H,5H2,(H,12,13,14).